The van der Waals surface area contributed by atoms with Gasteiger partial charge in [-0.2, -0.15) is 0 Å². The molecule has 0 spiro atoms. The van der Waals surface area contributed by atoms with Crippen LogP contribution < -0.4 is 10.6 Å². The first-order valence-corrected chi connectivity index (χ1v) is 7.56. The molecule has 4 nitrogen and oxygen atoms in total. The Bertz CT molecular complexity index is 792. The van der Waals surface area contributed by atoms with Crippen molar-refractivity contribution in [1.29, 1.82) is 0 Å². The molecule has 6 heteroatoms. The Morgan fingerprint density at radius 2 is 2.09 bits per heavy atom. The fourth-order valence-electron chi connectivity index (χ4n) is 2.49. The summed E-state index contributed by atoms with van der Waals surface area (Å²) in [6.07, 6.45) is 1.01. The Morgan fingerprint density at radius 3 is 2.91 bits per heavy atom. The van der Waals surface area contributed by atoms with Crippen LogP contribution >= 0.6 is 11.6 Å². The molecule has 0 saturated carbocycles. The zero-order valence-electron chi connectivity index (χ0n) is 12.2. The molecule has 0 fully saturated rings. The van der Waals surface area contributed by atoms with Crippen LogP contribution in [0.2, 0.25) is 5.02 Å². The van der Waals surface area contributed by atoms with Crippen molar-refractivity contribution in [3.05, 3.63) is 63.9 Å². The quantitative estimate of drug-likeness (QED) is 0.906. The van der Waals surface area contributed by atoms with Crippen molar-refractivity contribution in [2.45, 2.75) is 19.4 Å². The van der Waals surface area contributed by atoms with Crippen LogP contribution in [0.15, 0.2) is 36.4 Å². The van der Waals surface area contributed by atoms with Gasteiger partial charge in [-0.1, -0.05) is 23.7 Å². The lowest BCUT2D eigenvalue weighted by Crippen LogP contribution is -2.24. The van der Waals surface area contributed by atoms with E-state index in [0.29, 0.717) is 24.0 Å². The minimum Gasteiger partial charge on any atom is -0.348 e. The molecule has 0 radical (unpaired) electrons. The molecule has 1 aliphatic rings. The summed E-state index contributed by atoms with van der Waals surface area (Å²) in [6, 6.07) is 9.76. The zero-order chi connectivity index (χ0) is 16.4. The number of halogens is 2. The van der Waals surface area contributed by atoms with Gasteiger partial charge in [0.2, 0.25) is 5.91 Å². The maximum absolute atomic E-state index is 13.8. The second-order valence-electron chi connectivity index (χ2n) is 5.32. The van der Waals surface area contributed by atoms with Gasteiger partial charge in [0.15, 0.2) is 0 Å². The number of benzene rings is 2. The van der Waals surface area contributed by atoms with Crippen LogP contribution in [0.25, 0.3) is 0 Å². The van der Waals surface area contributed by atoms with Crippen LogP contribution in [0.1, 0.15) is 27.9 Å². The molecule has 118 valence electrons. The van der Waals surface area contributed by atoms with Crippen molar-refractivity contribution in [2.24, 2.45) is 0 Å². The van der Waals surface area contributed by atoms with Crippen LogP contribution in [0.3, 0.4) is 0 Å². The highest BCUT2D eigenvalue weighted by molar-refractivity contribution is 6.30. The Balaban J connectivity index is 1.71. The lowest BCUT2D eigenvalue weighted by atomic mass is 10.00. The SMILES string of the molecule is O=C1CCc2cc(C(=O)NCc3cccc(Cl)c3F)ccc2N1. The average Bonchev–Trinajstić information content (AvgIpc) is 2.55. The summed E-state index contributed by atoms with van der Waals surface area (Å²) >= 11 is 5.72. The van der Waals surface area contributed by atoms with E-state index in [2.05, 4.69) is 10.6 Å². The first kappa shape index (κ1) is 15.5. The van der Waals surface area contributed by atoms with Crippen molar-refractivity contribution in [1.82, 2.24) is 5.32 Å². The zero-order valence-corrected chi connectivity index (χ0v) is 12.9. The molecular formula is C17H14ClFN2O2. The van der Waals surface area contributed by atoms with Crippen LogP contribution in [-0.2, 0) is 17.8 Å². The number of nitrogens with one attached hydrogen (secondary N) is 2. The Hall–Kier alpha value is -2.40. The second kappa shape index (κ2) is 6.38. The number of hydrogen-bond acceptors (Lipinski definition) is 2. The highest BCUT2D eigenvalue weighted by Crippen LogP contribution is 2.23. The lowest BCUT2D eigenvalue weighted by molar-refractivity contribution is -0.116. The van der Waals surface area contributed by atoms with Crippen LogP contribution in [0, 0.1) is 5.82 Å². The molecule has 2 amide bonds. The largest absolute Gasteiger partial charge is 0.348 e. The van der Waals surface area contributed by atoms with Gasteiger partial charge in [-0.25, -0.2) is 4.39 Å². The molecule has 2 N–H and O–H groups in total. The van der Waals surface area contributed by atoms with Gasteiger partial charge < -0.3 is 10.6 Å². The molecule has 2 aromatic rings. The van der Waals surface area contributed by atoms with Gasteiger partial charge in [0.25, 0.3) is 5.91 Å². The van der Waals surface area contributed by atoms with Crippen molar-refractivity contribution in [3.63, 3.8) is 0 Å². The highest BCUT2D eigenvalue weighted by Gasteiger charge is 2.17. The van der Waals surface area contributed by atoms with Crippen molar-refractivity contribution < 1.29 is 14.0 Å². The lowest BCUT2D eigenvalue weighted by Gasteiger charge is -2.17. The van der Waals surface area contributed by atoms with E-state index in [0.717, 1.165) is 11.3 Å². The van der Waals surface area contributed by atoms with Crippen LogP contribution in [0.5, 0.6) is 0 Å². The third-order valence-electron chi connectivity index (χ3n) is 3.73. The molecule has 3 rings (SSSR count). The molecule has 0 atom stereocenters. The predicted octanol–water partition coefficient (Wildman–Crippen LogP) is 3.29. The molecule has 23 heavy (non-hydrogen) atoms. The van der Waals surface area contributed by atoms with E-state index in [1.165, 1.54) is 6.07 Å². The summed E-state index contributed by atoms with van der Waals surface area (Å²) in [5.74, 6) is -0.849. The number of anilines is 1. The topological polar surface area (TPSA) is 58.2 Å². The van der Waals surface area contributed by atoms with Crippen molar-refractivity contribution in [3.8, 4) is 0 Å². The number of rotatable bonds is 3. The van der Waals surface area contributed by atoms with Crippen molar-refractivity contribution >= 4 is 29.1 Å². The summed E-state index contributed by atoms with van der Waals surface area (Å²) < 4.78 is 13.8. The van der Waals surface area contributed by atoms with Gasteiger partial charge >= 0.3 is 0 Å². The molecule has 0 aliphatic carbocycles. The molecule has 0 bridgehead atoms. The predicted molar refractivity (Wildman–Crippen MR) is 86.0 cm³/mol. The summed E-state index contributed by atoms with van der Waals surface area (Å²) in [6.45, 7) is 0.0546. The van der Waals surface area contributed by atoms with E-state index in [1.54, 1.807) is 30.3 Å². The Kier molecular flexibility index (Phi) is 4.30. The maximum Gasteiger partial charge on any atom is 0.251 e. The van der Waals surface area contributed by atoms with E-state index in [9.17, 15) is 14.0 Å². The maximum atomic E-state index is 13.8. The normalized spacial score (nSPS) is 13.2. The first-order valence-electron chi connectivity index (χ1n) is 7.18. The second-order valence-corrected chi connectivity index (χ2v) is 5.72. The Labute approximate surface area is 137 Å². The molecule has 1 heterocycles. The number of carbonyl (C=O) groups is 2. The number of aryl methyl sites for hydroxylation is 1. The molecule has 2 aromatic carbocycles. The van der Waals surface area contributed by atoms with Crippen molar-refractivity contribution in [2.75, 3.05) is 5.32 Å². The Morgan fingerprint density at radius 1 is 1.26 bits per heavy atom. The van der Waals surface area contributed by atoms with Gasteiger partial charge in [-0.15, -0.1) is 0 Å². The standard InChI is InChI=1S/C17H14ClFN2O2/c18-13-3-1-2-12(16(13)19)9-20-17(23)11-4-6-14-10(8-11)5-7-15(22)21-14/h1-4,6,8H,5,7,9H2,(H,20,23)(H,21,22). The fraction of sp³-hybridized carbons (Fsp3) is 0.176. The third kappa shape index (κ3) is 3.35. The number of amides is 2. The van der Waals surface area contributed by atoms with Gasteiger partial charge in [0, 0.05) is 29.8 Å². The summed E-state index contributed by atoms with van der Waals surface area (Å²) in [4.78, 5) is 23.5. The molecule has 0 aromatic heterocycles. The van der Waals surface area contributed by atoms with Crippen LogP contribution in [-0.4, -0.2) is 11.8 Å². The summed E-state index contributed by atoms with van der Waals surface area (Å²) in [5.41, 5.74) is 2.46. The minimum atomic E-state index is -0.525. The molecule has 0 unspecified atom stereocenters. The third-order valence-corrected chi connectivity index (χ3v) is 4.03. The molecule has 0 saturated heterocycles. The van der Waals surface area contributed by atoms with Gasteiger partial charge in [-0.3, -0.25) is 9.59 Å². The van der Waals surface area contributed by atoms with E-state index in [-0.39, 0.29) is 23.4 Å². The molecule has 1 aliphatic heterocycles. The van der Waals surface area contributed by atoms with E-state index >= 15 is 0 Å². The molecular weight excluding hydrogens is 319 g/mol. The number of hydrogen-bond donors (Lipinski definition) is 2. The van der Waals surface area contributed by atoms with Gasteiger partial charge in [0.05, 0.1) is 5.02 Å². The minimum absolute atomic E-state index is 0.0221. The summed E-state index contributed by atoms with van der Waals surface area (Å²) in [7, 11) is 0. The highest BCUT2D eigenvalue weighted by atomic mass is 35.5. The van der Waals surface area contributed by atoms with Gasteiger partial charge in [-0.05, 0) is 36.2 Å². The summed E-state index contributed by atoms with van der Waals surface area (Å²) in [5, 5.41) is 5.47. The monoisotopic (exact) mass is 332 g/mol. The number of fused-ring (bicyclic) bond motifs is 1. The fourth-order valence-corrected chi connectivity index (χ4v) is 2.68. The van der Waals surface area contributed by atoms with E-state index in [1.807, 2.05) is 0 Å². The van der Waals surface area contributed by atoms with E-state index in [4.69, 9.17) is 11.6 Å². The first-order chi connectivity index (χ1) is 11.0. The van der Waals surface area contributed by atoms with E-state index < -0.39 is 5.82 Å². The number of carbonyl (C=O) groups excluding carboxylic acids is 2. The average molecular weight is 333 g/mol. The van der Waals surface area contributed by atoms with Gasteiger partial charge in [0.1, 0.15) is 5.82 Å². The smallest absolute Gasteiger partial charge is 0.251 e. The van der Waals surface area contributed by atoms with Crippen LogP contribution in [0.4, 0.5) is 10.1 Å².